The largest absolute Gasteiger partial charge is 0.355 e. The second-order valence-electron chi connectivity index (χ2n) is 8.87. The number of hydrogen-bond acceptors (Lipinski definition) is 4. The highest BCUT2D eigenvalue weighted by molar-refractivity contribution is 14.0. The number of nitrogens with one attached hydrogen (secondary N) is 3. The van der Waals surface area contributed by atoms with Crippen molar-refractivity contribution < 1.29 is 9.59 Å². The lowest BCUT2D eigenvalue weighted by atomic mass is 9.79. The van der Waals surface area contributed by atoms with Crippen molar-refractivity contribution in [2.45, 2.75) is 58.0 Å². The second-order valence-corrected chi connectivity index (χ2v) is 8.87. The maximum Gasteiger partial charge on any atom is 0.322 e. The minimum Gasteiger partial charge on any atom is -0.355 e. The Balaban J connectivity index is 0.00000300. The van der Waals surface area contributed by atoms with Crippen molar-refractivity contribution in [3.8, 4) is 0 Å². The lowest BCUT2D eigenvalue weighted by Crippen LogP contribution is -2.56. The Hall–Kier alpha value is -1.10. The Kier molecular flexibility index (Phi) is 8.57. The molecule has 0 spiro atoms. The molecule has 2 atom stereocenters. The van der Waals surface area contributed by atoms with E-state index in [2.05, 4.69) is 44.6 Å². The summed E-state index contributed by atoms with van der Waals surface area (Å²) in [5.74, 6) is 1.71. The number of rotatable bonds is 4. The Morgan fingerprint density at radius 2 is 1.83 bits per heavy atom. The summed E-state index contributed by atoms with van der Waals surface area (Å²) in [6, 6.07) is 0.103. The Bertz CT molecular complexity index is 614. The third-order valence-electron chi connectivity index (χ3n) is 6.89. The summed E-state index contributed by atoms with van der Waals surface area (Å²) in [5, 5.41) is 8.73. The van der Waals surface area contributed by atoms with Gasteiger partial charge >= 0.3 is 6.03 Å². The zero-order chi connectivity index (χ0) is 20.3. The fourth-order valence-electron chi connectivity index (χ4n) is 4.68. The van der Waals surface area contributed by atoms with Gasteiger partial charge in [-0.2, -0.15) is 0 Å². The van der Waals surface area contributed by atoms with E-state index in [9.17, 15) is 9.59 Å². The number of nitrogens with zero attached hydrogens (tertiary/aromatic N) is 3. The molecule has 3 heterocycles. The third kappa shape index (κ3) is 5.53. The highest BCUT2D eigenvalue weighted by Crippen LogP contribution is 2.30. The fourth-order valence-corrected chi connectivity index (χ4v) is 4.68. The topological polar surface area (TPSA) is 89.1 Å². The highest BCUT2D eigenvalue weighted by atomic mass is 127. The van der Waals surface area contributed by atoms with Crippen LogP contribution in [-0.4, -0.2) is 79.0 Å². The molecule has 166 valence electrons. The molecule has 3 fully saturated rings. The molecular formula is C20H37IN6O2. The number of amides is 3. The van der Waals surface area contributed by atoms with E-state index in [1.807, 2.05) is 14.0 Å². The lowest BCUT2D eigenvalue weighted by molar-refractivity contribution is -0.125. The van der Waals surface area contributed by atoms with Crippen LogP contribution in [-0.2, 0) is 4.79 Å². The van der Waals surface area contributed by atoms with Crippen molar-refractivity contribution in [1.82, 2.24) is 25.8 Å². The second kappa shape index (κ2) is 10.3. The van der Waals surface area contributed by atoms with Gasteiger partial charge in [0.15, 0.2) is 5.96 Å². The van der Waals surface area contributed by atoms with E-state index >= 15 is 0 Å². The number of hydrogen-bond donors (Lipinski definition) is 3. The molecule has 0 radical (unpaired) electrons. The van der Waals surface area contributed by atoms with E-state index in [1.165, 1.54) is 25.9 Å². The molecule has 9 heteroatoms. The Morgan fingerprint density at radius 1 is 1.21 bits per heavy atom. The summed E-state index contributed by atoms with van der Waals surface area (Å²) in [4.78, 5) is 33.0. The van der Waals surface area contributed by atoms with E-state index < -0.39 is 5.54 Å². The van der Waals surface area contributed by atoms with Crippen molar-refractivity contribution >= 4 is 41.9 Å². The molecule has 0 aromatic heterocycles. The van der Waals surface area contributed by atoms with Crippen molar-refractivity contribution in [3.63, 3.8) is 0 Å². The summed E-state index contributed by atoms with van der Waals surface area (Å²) in [6.45, 7) is 11.4. The van der Waals surface area contributed by atoms with Crippen LogP contribution in [0.5, 0.6) is 0 Å². The summed E-state index contributed by atoms with van der Waals surface area (Å²) in [5.41, 5.74) is -0.792. The Morgan fingerprint density at radius 3 is 2.34 bits per heavy atom. The van der Waals surface area contributed by atoms with E-state index in [4.69, 9.17) is 0 Å². The van der Waals surface area contributed by atoms with E-state index in [1.54, 1.807) is 0 Å². The van der Waals surface area contributed by atoms with Gasteiger partial charge in [0.05, 0.1) is 0 Å². The molecule has 8 nitrogen and oxygen atoms in total. The number of piperidine rings is 2. The van der Waals surface area contributed by atoms with Crippen molar-refractivity contribution in [1.29, 1.82) is 0 Å². The highest BCUT2D eigenvalue weighted by Gasteiger charge is 2.48. The third-order valence-corrected chi connectivity index (χ3v) is 6.89. The van der Waals surface area contributed by atoms with Gasteiger partial charge in [-0.1, -0.05) is 6.92 Å². The number of urea groups is 1. The number of carbonyl (C=O) groups is 2. The first kappa shape index (κ1) is 24.2. The SMILES string of the molecule is CN=C(NCC(C)N1CCC(C)CC1)N1CCC(C2(C)NC(=O)NC2=O)CC1.I. The van der Waals surface area contributed by atoms with Crippen molar-refractivity contribution in [2.24, 2.45) is 16.8 Å². The molecule has 0 saturated carbocycles. The molecule has 3 N–H and O–H groups in total. The van der Waals surface area contributed by atoms with Crippen LogP contribution in [0.1, 0.15) is 46.5 Å². The number of imide groups is 1. The number of carbonyl (C=O) groups excluding carboxylic acids is 2. The van der Waals surface area contributed by atoms with Gasteiger partial charge in [-0.05, 0) is 64.5 Å². The monoisotopic (exact) mass is 520 g/mol. The maximum absolute atomic E-state index is 12.2. The first-order chi connectivity index (χ1) is 13.3. The van der Waals surface area contributed by atoms with Gasteiger partial charge in [0.1, 0.15) is 5.54 Å². The van der Waals surface area contributed by atoms with Gasteiger partial charge in [-0.3, -0.25) is 20.0 Å². The predicted molar refractivity (Wildman–Crippen MR) is 126 cm³/mol. The molecule has 0 aromatic rings. The van der Waals surface area contributed by atoms with Gasteiger partial charge in [0.2, 0.25) is 0 Å². The van der Waals surface area contributed by atoms with Gasteiger partial charge < -0.3 is 15.5 Å². The molecular weight excluding hydrogens is 483 g/mol. The number of halogens is 1. The van der Waals surface area contributed by atoms with Gasteiger partial charge in [-0.15, -0.1) is 24.0 Å². The van der Waals surface area contributed by atoms with Crippen molar-refractivity contribution in [2.75, 3.05) is 39.8 Å². The number of aliphatic imine (C=N–C) groups is 1. The van der Waals surface area contributed by atoms with E-state index in [0.717, 1.165) is 44.4 Å². The molecule has 3 saturated heterocycles. The average molecular weight is 520 g/mol. The van der Waals surface area contributed by atoms with Gasteiger partial charge in [0, 0.05) is 32.7 Å². The summed E-state index contributed by atoms with van der Waals surface area (Å²) < 4.78 is 0. The van der Waals surface area contributed by atoms with Crippen molar-refractivity contribution in [3.05, 3.63) is 0 Å². The molecule has 0 aromatic carbocycles. The maximum atomic E-state index is 12.2. The summed E-state index contributed by atoms with van der Waals surface area (Å²) in [7, 11) is 1.83. The lowest BCUT2D eigenvalue weighted by Gasteiger charge is -2.40. The molecule has 3 rings (SSSR count). The standard InChI is InChI=1S/C20H36N6O2.HI/c1-14-5-9-25(10-6-14)15(2)13-22-18(21-4)26-11-7-16(8-12-26)20(3)17(27)23-19(28)24-20;/h14-16H,5-13H2,1-4H3,(H,21,22)(H2,23,24,27,28);1H. The number of likely N-dealkylation sites (tertiary alicyclic amines) is 2. The molecule has 3 aliphatic heterocycles. The number of guanidine groups is 1. The quantitative estimate of drug-likeness (QED) is 0.227. The molecule has 0 bridgehead atoms. The van der Waals surface area contributed by atoms with Crippen LogP contribution in [0.3, 0.4) is 0 Å². The Labute approximate surface area is 191 Å². The molecule has 3 aliphatic rings. The zero-order valence-electron chi connectivity index (χ0n) is 18.2. The fraction of sp³-hybridized carbons (Fsp3) is 0.850. The van der Waals surface area contributed by atoms with Crippen LogP contribution in [0.25, 0.3) is 0 Å². The van der Waals surface area contributed by atoms with E-state index in [0.29, 0.717) is 6.04 Å². The van der Waals surface area contributed by atoms with Crippen LogP contribution in [0.15, 0.2) is 4.99 Å². The first-order valence-corrected chi connectivity index (χ1v) is 10.7. The van der Waals surface area contributed by atoms with Crippen LogP contribution < -0.4 is 16.0 Å². The summed E-state index contributed by atoms with van der Waals surface area (Å²) in [6.07, 6.45) is 4.28. The zero-order valence-corrected chi connectivity index (χ0v) is 20.5. The minimum absolute atomic E-state index is 0. The van der Waals surface area contributed by atoms with Crippen LogP contribution in [0.2, 0.25) is 0 Å². The first-order valence-electron chi connectivity index (χ1n) is 10.7. The minimum atomic E-state index is -0.792. The van der Waals surface area contributed by atoms with Crippen LogP contribution >= 0.6 is 24.0 Å². The smallest absolute Gasteiger partial charge is 0.322 e. The molecule has 3 amide bonds. The van der Waals surface area contributed by atoms with Crippen LogP contribution in [0, 0.1) is 11.8 Å². The normalized spacial score (nSPS) is 28.6. The van der Waals surface area contributed by atoms with E-state index in [-0.39, 0.29) is 41.8 Å². The predicted octanol–water partition coefficient (Wildman–Crippen LogP) is 1.61. The molecule has 2 unspecified atom stereocenters. The average Bonchev–Trinajstić information content (AvgIpc) is 2.95. The van der Waals surface area contributed by atoms with Crippen LogP contribution in [0.4, 0.5) is 4.79 Å². The molecule has 29 heavy (non-hydrogen) atoms. The molecule has 0 aliphatic carbocycles. The van der Waals surface area contributed by atoms with Gasteiger partial charge in [-0.25, -0.2) is 4.79 Å². The summed E-state index contributed by atoms with van der Waals surface area (Å²) >= 11 is 0. The van der Waals surface area contributed by atoms with Gasteiger partial charge in [0.25, 0.3) is 5.91 Å².